The van der Waals surface area contributed by atoms with Gasteiger partial charge in [-0.1, -0.05) is 13.8 Å². The molecule has 0 aliphatic heterocycles. The van der Waals surface area contributed by atoms with Gasteiger partial charge in [0, 0.05) is 6.04 Å². The first-order chi connectivity index (χ1) is 6.63. The summed E-state index contributed by atoms with van der Waals surface area (Å²) in [6.45, 7) is 3.94. The van der Waals surface area contributed by atoms with Crippen LogP contribution >= 0.6 is 12.4 Å². The van der Waals surface area contributed by atoms with Gasteiger partial charge in [0.15, 0.2) is 0 Å². The third-order valence-corrected chi connectivity index (χ3v) is 1.98. The number of carbonyl (C=O) groups excluding carboxylic acids is 2. The van der Waals surface area contributed by atoms with Gasteiger partial charge >= 0.3 is 0 Å². The van der Waals surface area contributed by atoms with E-state index in [9.17, 15) is 9.59 Å². The topological polar surface area (TPSA) is 84.2 Å². The second kappa shape index (κ2) is 9.73. The molecule has 0 atom stereocenters. The molecule has 2 amide bonds. The highest BCUT2D eigenvalue weighted by atomic mass is 35.5. The number of carbonyl (C=O) groups is 2. The molecule has 0 saturated carbocycles. The van der Waals surface area contributed by atoms with E-state index in [0.717, 1.165) is 12.8 Å². The van der Waals surface area contributed by atoms with Crippen molar-refractivity contribution in [2.24, 2.45) is 5.73 Å². The molecule has 0 aromatic rings. The second-order valence-corrected chi connectivity index (χ2v) is 3.06. The van der Waals surface area contributed by atoms with Gasteiger partial charge in [-0.05, 0) is 12.8 Å². The molecule has 0 spiro atoms. The van der Waals surface area contributed by atoms with Crippen molar-refractivity contribution in [3.8, 4) is 0 Å². The Bertz CT molecular complexity index is 196. The van der Waals surface area contributed by atoms with Crippen LogP contribution in [0.2, 0.25) is 0 Å². The fourth-order valence-corrected chi connectivity index (χ4v) is 1.02. The van der Waals surface area contributed by atoms with E-state index >= 15 is 0 Å². The molecule has 0 rings (SSSR count). The zero-order valence-electron chi connectivity index (χ0n) is 9.21. The SMILES string of the molecule is CCC(CC)NC(=O)CNC(=O)CN.Cl. The molecule has 0 heterocycles. The molecular formula is C9H20ClN3O2. The maximum Gasteiger partial charge on any atom is 0.239 e. The molecule has 0 fully saturated rings. The zero-order chi connectivity index (χ0) is 11.0. The number of halogens is 1. The molecule has 6 heteroatoms. The summed E-state index contributed by atoms with van der Waals surface area (Å²) in [4.78, 5) is 21.9. The lowest BCUT2D eigenvalue weighted by Crippen LogP contribution is -2.42. The van der Waals surface area contributed by atoms with E-state index < -0.39 is 0 Å². The second-order valence-electron chi connectivity index (χ2n) is 3.06. The Kier molecular flexibility index (Phi) is 10.8. The lowest BCUT2D eigenvalue weighted by molar-refractivity contribution is -0.125. The Morgan fingerprint density at radius 2 is 1.73 bits per heavy atom. The van der Waals surface area contributed by atoms with Crippen molar-refractivity contribution in [3.05, 3.63) is 0 Å². The minimum absolute atomic E-state index is 0. The summed E-state index contributed by atoms with van der Waals surface area (Å²) in [6.07, 6.45) is 1.79. The smallest absolute Gasteiger partial charge is 0.239 e. The fraction of sp³-hybridized carbons (Fsp3) is 0.778. The van der Waals surface area contributed by atoms with E-state index in [1.165, 1.54) is 0 Å². The van der Waals surface area contributed by atoms with E-state index in [1.54, 1.807) is 0 Å². The predicted octanol–water partition coefficient (Wildman–Crippen LogP) is -0.212. The van der Waals surface area contributed by atoms with Gasteiger partial charge in [-0.2, -0.15) is 0 Å². The highest BCUT2D eigenvalue weighted by molar-refractivity contribution is 5.85. The average molecular weight is 238 g/mol. The van der Waals surface area contributed by atoms with Crippen LogP contribution in [0, 0.1) is 0 Å². The van der Waals surface area contributed by atoms with Gasteiger partial charge in [0.1, 0.15) is 0 Å². The van der Waals surface area contributed by atoms with Crippen molar-refractivity contribution in [2.45, 2.75) is 32.7 Å². The van der Waals surface area contributed by atoms with Gasteiger partial charge in [0.25, 0.3) is 0 Å². The van der Waals surface area contributed by atoms with Crippen molar-refractivity contribution in [1.82, 2.24) is 10.6 Å². The maximum atomic E-state index is 11.2. The molecular weight excluding hydrogens is 218 g/mol. The van der Waals surface area contributed by atoms with Crippen molar-refractivity contribution in [3.63, 3.8) is 0 Å². The number of rotatable bonds is 6. The van der Waals surface area contributed by atoms with Gasteiger partial charge in [0.05, 0.1) is 13.1 Å². The van der Waals surface area contributed by atoms with Crippen LogP contribution in [0.1, 0.15) is 26.7 Å². The quantitative estimate of drug-likeness (QED) is 0.598. The number of hydrogen-bond acceptors (Lipinski definition) is 3. The predicted molar refractivity (Wildman–Crippen MR) is 61.8 cm³/mol. The summed E-state index contributed by atoms with van der Waals surface area (Å²) in [5, 5.41) is 5.21. The molecule has 0 aromatic heterocycles. The van der Waals surface area contributed by atoms with Crippen molar-refractivity contribution in [2.75, 3.05) is 13.1 Å². The molecule has 0 unspecified atom stereocenters. The van der Waals surface area contributed by atoms with Crippen LogP contribution in [0.25, 0.3) is 0 Å². The Balaban J connectivity index is 0. The third kappa shape index (κ3) is 8.20. The molecule has 0 radical (unpaired) electrons. The molecule has 0 saturated heterocycles. The average Bonchev–Trinajstić information content (AvgIpc) is 2.22. The molecule has 0 bridgehead atoms. The molecule has 5 nitrogen and oxygen atoms in total. The minimum atomic E-state index is -0.315. The van der Waals surface area contributed by atoms with Crippen molar-refractivity contribution >= 4 is 24.2 Å². The van der Waals surface area contributed by atoms with E-state index in [-0.39, 0.29) is 43.4 Å². The summed E-state index contributed by atoms with van der Waals surface area (Å²) >= 11 is 0. The Labute approximate surface area is 96.6 Å². The lowest BCUT2D eigenvalue weighted by atomic mass is 10.2. The molecule has 4 N–H and O–H groups in total. The monoisotopic (exact) mass is 237 g/mol. The molecule has 0 aliphatic rings. The first kappa shape index (κ1) is 16.6. The number of nitrogens with one attached hydrogen (secondary N) is 2. The van der Waals surface area contributed by atoms with Crippen LogP contribution in [-0.4, -0.2) is 30.9 Å². The number of nitrogens with two attached hydrogens (primary N) is 1. The van der Waals surface area contributed by atoms with Gasteiger partial charge < -0.3 is 16.4 Å². The number of hydrogen-bond donors (Lipinski definition) is 3. The Morgan fingerprint density at radius 3 is 2.13 bits per heavy atom. The zero-order valence-corrected chi connectivity index (χ0v) is 10.0. The molecule has 0 aromatic carbocycles. The summed E-state index contributed by atoms with van der Waals surface area (Å²) in [7, 11) is 0. The Morgan fingerprint density at radius 1 is 1.20 bits per heavy atom. The van der Waals surface area contributed by atoms with Crippen LogP contribution in [0.5, 0.6) is 0 Å². The Hall–Kier alpha value is -0.810. The van der Waals surface area contributed by atoms with Gasteiger partial charge in [-0.3, -0.25) is 9.59 Å². The van der Waals surface area contributed by atoms with Crippen LogP contribution in [-0.2, 0) is 9.59 Å². The van der Waals surface area contributed by atoms with E-state index in [0.29, 0.717) is 0 Å². The summed E-state index contributed by atoms with van der Waals surface area (Å²) < 4.78 is 0. The van der Waals surface area contributed by atoms with Crippen LogP contribution < -0.4 is 16.4 Å². The maximum absolute atomic E-state index is 11.2. The normalized spacial score (nSPS) is 9.33. The standard InChI is InChI=1S/C9H19N3O2.ClH/c1-3-7(4-2)12-9(14)6-11-8(13)5-10;/h7H,3-6,10H2,1-2H3,(H,11,13)(H,12,14);1H. The van der Waals surface area contributed by atoms with Crippen LogP contribution in [0.4, 0.5) is 0 Å². The van der Waals surface area contributed by atoms with Gasteiger partial charge in [-0.25, -0.2) is 0 Å². The van der Waals surface area contributed by atoms with E-state index in [1.807, 2.05) is 13.8 Å². The molecule has 15 heavy (non-hydrogen) atoms. The highest BCUT2D eigenvalue weighted by Crippen LogP contribution is 1.94. The highest BCUT2D eigenvalue weighted by Gasteiger charge is 2.08. The third-order valence-electron chi connectivity index (χ3n) is 1.98. The minimum Gasteiger partial charge on any atom is -0.352 e. The first-order valence-electron chi connectivity index (χ1n) is 4.90. The van der Waals surface area contributed by atoms with Crippen molar-refractivity contribution < 1.29 is 9.59 Å². The molecule has 90 valence electrons. The largest absolute Gasteiger partial charge is 0.352 e. The number of amides is 2. The van der Waals surface area contributed by atoms with Crippen LogP contribution in [0.3, 0.4) is 0 Å². The van der Waals surface area contributed by atoms with Gasteiger partial charge in [0.2, 0.25) is 11.8 Å². The van der Waals surface area contributed by atoms with Crippen molar-refractivity contribution in [1.29, 1.82) is 0 Å². The molecule has 0 aliphatic carbocycles. The summed E-state index contributed by atoms with van der Waals surface area (Å²) in [6, 6.07) is 0.192. The summed E-state index contributed by atoms with van der Waals surface area (Å²) in [5.74, 6) is -0.481. The fourth-order valence-electron chi connectivity index (χ4n) is 1.02. The lowest BCUT2D eigenvalue weighted by Gasteiger charge is -2.14. The van der Waals surface area contributed by atoms with Gasteiger partial charge in [-0.15, -0.1) is 12.4 Å². The summed E-state index contributed by atoms with van der Waals surface area (Å²) in [5.41, 5.74) is 5.07. The van der Waals surface area contributed by atoms with E-state index in [4.69, 9.17) is 5.73 Å². The van der Waals surface area contributed by atoms with Crippen LogP contribution in [0.15, 0.2) is 0 Å². The first-order valence-corrected chi connectivity index (χ1v) is 4.90. The van der Waals surface area contributed by atoms with E-state index in [2.05, 4.69) is 10.6 Å².